The zero-order valence-corrected chi connectivity index (χ0v) is 17.4. The summed E-state index contributed by atoms with van der Waals surface area (Å²) < 4.78 is 3.05. The van der Waals surface area contributed by atoms with Crippen LogP contribution in [-0.4, -0.2) is 35.3 Å². The minimum Gasteiger partial charge on any atom is -0.330 e. The number of hydrogen-bond donors (Lipinski definition) is 2. The van der Waals surface area contributed by atoms with Crippen molar-refractivity contribution in [2.24, 2.45) is 4.99 Å². The van der Waals surface area contributed by atoms with Crippen LogP contribution in [-0.2, 0) is 13.1 Å². The van der Waals surface area contributed by atoms with Crippen LogP contribution in [0.2, 0.25) is 0 Å². The molecule has 13 nitrogen and oxygen atoms in total. The zero-order valence-electron chi connectivity index (χ0n) is 17.4. The monoisotopic (exact) mass is 460 g/mol. The van der Waals surface area contributed by atoms with Crippen molar-refractivity contribution < 1.29 is 9.85 Å². The summed E-state index contributed by atoms with van der Waals surface area (Å²) in [6.45, 7) is 0.240. The number of nitro benzene ring substituents is 2. The molecule has 4 aromatic rings. The summed E-state index contributed by atoms with van der Waals surface area (Å²) in [5.74, 6) is 0.808. The van der Waals surface area contributed by atoms with Crippen molar-refractivity contribution >= 4 is 29.3 Å². The van der Waals surface area contributed by atoms with Gasteiger partial charge in [0, 0.05) is 23.8 Å². The predicted molar refractivity (Wildman–Crippen MR) is 122 cm³/mol. The summed E-state index contributed by atoms with van der Waals surface area (Å²) in [6, 6.07) is 12.4. The summed E-state index contributed by atoms with van der Waals surface area (Å²) >= 11 is 0. The number of aromatic nitrogens is 4. The molecule has 0 saturated heterocycles. The molecule has 2 aromatic heterocycles. The Labute approximate surface area is 190 Å². The third-order valence-electron chi connectivity index (χ3n) is 5.41. The second kappa shape index (κ2) is 8.12. The third-order valence-corrected chi connectivity index (χ3v) is 5.41. The molecule has 0 saturated carbocycles. The average Bonchev–Trinajstić information content (AvgIpc) is 3.29. The first-order chi connectivity index (χ1) is 16.4. The second-order valence-electron chi connectivity index (χ2n) is 7.50. The van der Waals surface area contributed by atoms with E-state index in [1.165, 1.54) is 35.4 Å². The molecular formula is C21H16N8O5. The van der Waals surface area contributed by atoms with E-state index < -0.39 is 15.5 Å². The highest BCUT2D eigenvalue weighted by atomic mass is 16.6. The number of nitrogens with zero attached hydrogens (tertiary/aromatic N) is 6. The Kier molecular flexibility index (Phi) is 4.97. The first-order valence-corrected chi connectivity index (χ1v) is 10.1. The Hall–Kier alpha value is -5.07. The largest absolute Gasteiger partial charge is 0.330 e. The van der Waals surface area contributed by atoms with Crippen molar-refractivity contribution in [2.45, 2.75) is 13.1 Å². The van der Waals surface area contributed by atoms with E-state index in [1.54, 1.807) is 34.9 Å². The molecular weight excluding hydrogens is 444 g/mol. The Morgan fingerprint density at radius 3 is 2.62 bits per heavy atom. The maximum absolute atomic E-state index is 12.7. The Balaban J connectivity index is 1.52. The van der Waals surface area contributed by atoms with Crippen LogP contribution in [0, 0.1) is 20.2 Å². The van der Waals surface area contributed by atoms with Crippen LogP contribution < -0.4 is 11.0 Å². The number of nitrogens with one attached hydrogen (secondary N) is 2. The van der Waals surface area contributed by atoms with Crippen LogP contribution in [0.5, 0.6) is 0 Å². The van der Waals surface area contributed by atoms with Gasteiger partial charge in [-0.1, -0.05) is 30.3 Å². The van der Waals surface area contributed by atoms with Crippen molar-refractivity contribution in [3.05, 3.63) is 96.7 Å². The van der Waals surface area contributed by atoms with Crippen molar-refractivity contribution in [1.29, 1.82) is 0 Å². The van der Waals surface area contributed by atoms with Gasteiger partial charge in [-0.05, 0) is 5.56 Å². The molecule has 0 fully saturated rings. The molecule has 5 rings (SSSR count). The number of imidazole rings is 2. The highest BCUT2D eigenvalue weighted by Gasteiger charge is 2.25. The number of benzene rings is 2. The molecule has 13 heteroatoms. The number of para-hydroxylation sites is 1. The van der Waals surface area contributed by atoms with Gasteiger partial charge in [-0.15, -0.1) is 0 Å². The van der Waals surface area contributed by atoms with Crippen LogP contribution >= 0.6 is 0 Å². The SMILES string of the molecule is O=c1[nH]c2c(n1Cc1cccc([N+](=O)[O-])c1)NC=Nc1c-2ncn1Cc1ccccc1[N+](=O)[O-]. The predicted octanol–water partition coefficient (Wildman–Crippen LogP) is 3.04. The van der Waals surface area contributed by atoms with Gasteiger partial charge >= 0.3 is 5.69 Å². The van der Waals surface area contributed by atoms with Gasteiger partial charge in [-0.3, -0.25) is 24.8 Å². The van der Waals surface area contributed by atoms with E-state index in [9.17, 15) is 25.0 Å². The zero-order chi connectivity index (χ0) is 23.8. The van der Waals surface area contributed by atoms with Gasteiger partial charge in [-0.25, -0.2) is 14.8 Å². The van der Waals surface area contributed by atoms with E-state index in [1.807, 2.05) is 0 Å². The maximum atomic E-state index is 12.7. The van der Waals surface area contributed by atoms with E-state index in [-0.39, 0.29) is 24.5 Å². The molecule has 0 aliphatic carbocycles. The summed E-state index contributed by atoms with van der Waals surface area (Å²) in [4.78, 5) is 45.8. The minimum absolute atomic E-state index is 0.0159. The molecule has 170 valence electrons. The number of aromatic amines is 1. The lowest BCUT2D eigenvalue weighted by Crippen LogP contribution is -2.19. The number of nitro groups is 2. The van der Waals surface area contributed by atoms with E-state index in [2.05, 4.69) is 20.3 Å². The van der Waals surface area contributed by atoms with Crippen molar-refractivity contribution in [1.82, 2.24) is 19.1 Å². The van der Waals surface area contributed by atoms with Crippen LogP contribution in [0.3, 0.4) is 0 Å². The smallest absolute Gasteiger partial charge is 0.327 e. The number of hydrogen-bond acceptors (Lipinski definition) is 8. The molecule has 2 N–H and O–H groups in total. The molecule has 3 heterocycles. The lowest BCUT2D eigenvalue weighted by atomic mass is 10.2. The van der Waals surface area contributed by atoms with E-state index in [4.69, 9.17) is 0 Å². The van der Waals surface area contributed by atoms with Crippen LogP contribution in [0.25, 0.3) is 11.4 Å². The van der Waals surface area contributed by atoms with Gasteiger partial charge in [-0.2, -0.15) is 0 Å². The van der Waals surface area contributed by atoms with E-state index >= 15 is 0 Å². The first-order valence-electron chi connectivity index (χ1n) is 10.1. The van der Waals surface area contributed by atoms with Gasteiger partial charge in [0.2, 0.25) is 0 Å². The van der Waals surface area contributed by atoms with Crippen molar-refractivity contribution in [2.75, 3.05) is 5.32 Å². The molecule has 34 heavy (non-hydrogen) atoms. The van der Waals surface area contributed by atoms with Gasteiger partial charge in [0.25, 0.3) is 11.4 Å². The fraction of sp³-hybridized carbons (Fsp3) is 0.0952. The summed E-state index contributed by atoms with van der Waals surface area (Å²) in [5.41, 5.74) is 1.32. The Morgan fingerprint density at radius 1 is 1.00 bits per heavy atom. The molecule has 0 bridgehead atoms. The first kappa shape index (κ1) is 20.8. The van der Waals surface area contributed by atoms with Crippen molar-refractivity contribution in [3.8, 4) is 11.4 Å². The van der Waals surface area contributed by atoms with Gasteiger partial charge < -0.3 is 14.9 Å². The van der Waals surface area contributed by atoms with Gasteiger partial charge in [0.15, 0.2) is 5.82 Å². The standard InChI is InChI=1S/C21H16N8O5/c30-21-25-18-17-19(26(12-24-17)10-14-5-1-2-7-16(14)29(33)34)22-11-23-20(18)27(21)9-13-4-3-6-15(8-13)28(31)32/h1-8,11-12H,9-10H2,(H,22,23)(H,25,30). The van der Waals surface area contributed by atoms with Gasteiger partial charge in [0.1, 0.15) is 17.2 Å². The quantitative estimate of drug-likeness (QED) is 0.329. The van der Waals surface area contributed by atoms with Crippen molar-refractivity contribution in [3.63, 3.8) is 0 Å². The highest BCUT2D eigenvalue weighted by molar-refractivity contribution is 5.90. The molecule has 0 atom stereocenters. The van der Waals surface area contributed by atoms with E-state index in [0.717, 1.165) is 0 Å². The summed E-state index contributed by atoms with van der Waals surface area (Å²) in [5, 5.41) is 25.4. The van der Waals surface area contributed by atoms with Crippen LogP contribution in [0.1, 0.15) is 11.1 Å². The third kappa shape index (κ3) is 3.60. The normalized spacial score (nSPS) is 11.9. The molecule has 0 spiro atoms. The number of anilines is 1. The fourth-order valence-electron chi connectivity index (χ4n) is 3.86. The van der Waals surface area contributed by atoms with Crippen LogP contribution in [0.15, 0.2) is 64.6 Å². The number of H-pyrrole nitrogens is 1. The molecule has 2 aromatic carbocycles. The lowest BCUT2D eigenvalue weighted by molar-refractivity contribution is -0.385. The Morgan fingerprint density at radius 2 is 1.82 bits per heavy atom. The average molecular weight is 460 g/mol. The number of non-ortho nitro benzene ring substituents is 1. The number of fused-ring (bicyclic) bond motifs is 3. The minimum atomic E-state index is -0.495. The highest BCUT2D eigenvalue weighted by Crippen LogP contribution is 2.35. The Bertz CT molecular complexity index is 1530. The molecule has 0 amide bonds. The lowest BCUT2D eigenvalue weighted by Gasteiger charge is -2.07. The van der Waals surface area contributed by atoms with Crippen LogP contribution in [0.4, 0.5) is 23.0 Å². The molecule has 1 aliphatic rings. The number of rotatable bonds is 6. The maximum Gasteiger partial charge on any atom is 0.327 e. The molecule has 0 unspecified atom stereocenters. The molecule has 1 aliphatic heterocycles. The second-order valence-corrected chi connectivity index (χ2v) is 7.50. The number of aliphatic imine (C=N–C) groups is 1. The summed E-state index contributed by atoms with van der Waals surface area (Å²) in [6.07, 6.45) is 2.91. The molecule has 0 radical (unpaired) electrons. The summed E-state index contributed by atoms with van der Waals surface area (Å²) in [7, 11) is 0. The fourth-order valence-corrected chi connectivity index (χ4v) is 3.86. The van der Waals surface area contributed by atoms with Gasteiger partial charge in [0.05, 0.1) is 35.6 Å². The van der Waals surface area contributed by atoms with E-state index in [0.29, 0.717) is 34.2 Å². The topological polar surface area (TPSA) is 166 Å².